The van der Waals surface area contributed by atoms with E-state index in [-0.39, 0.29) is 5.56 Å². The first kappa shape index (κ1) is 12.0. The largest absolute Gasteiger partial charge is 0.386 e. The fraction of sp³-hybridized carbons (Fsp3) is 0.154. The predicted molar refractivity (Wildman–Crippen MR) is 69.8 cm³/mol. The highest BCUT2D eigenvalue weighted by Gasteiger charge is 2.11. The van der Waals surface area contributed by atoms with E-state index in [0.29, 0.717) is 16.8 Å². The molecular weight excluding hydrogens is 230 g/mol. The van der Waals surface area contributed by atoms with Crippen LogP contribution in [0.1, 0.15) is 10.4 Å². The molecule has 1 heterocycles. The lowest BCUT2D eigenvalue weighted by Gasteiger charge is -2.09. The molecule has 0 radical (unpaired) electrons. The predicted octanol–water partition coefficient (Wildman–Crippen LogP) is 1.30. The van der Waals surface area contributed by atoms with Gasteiger partial charge in [-0.15, -0.1) is 0 Å². The summed E-state index contributed by atoms with van der Waals surface area (Å²) in [5.74, 6) is 0. The summed E-state index contributed by atoms with van der Waals surface area (Å²) >= 11 is 0. The second-order valence-electron chi connectivity index (χ2n) is 3.85. The second kappa shape index (κ2) is 4.83. The first-order valence-electron chi connectivity index (χ1n) is 5.47. The highest BCUT2D eigenvalue weighted by molar-refractivity contribution is 5.80. The summed E-state index contributed by atoms with van der Waals surface area (Å²) in [5.41, 5.74) is 2.37. The van der Waals surface area contributed by atoms with Gasteiger partial charge in [-0.2, -0.15) is 5.10 Å². The number of carbonyl (C=O) groups excluding carboxylic acids is 1. The molecule has 0 amide bonds. The van der Waals surface area contributed by atoms with Crippen LogP contribution >= 0.6 is 0 Å². The zero-order valence-electron chi connectivity index (χ0n) is 10.2. The van der Waals surface area contributed by atoms with Gasteiger partial charge in [0.25, 0.3) is 5.56 Å². The van der Waals surface area contributed by atoms with E-state index in [9.17, 15) is 9.59 Å². The van der Waals surface area contributed by atoms with Crippen LogP contribution in [0, 0.1) is 0 Å². The molecule has 18 heavy (non-hydrogen) atoms. The Morgan fingerprint density at radius 3 is 2.50 bits per heavy atom. The smallest absolute Gasteiger partial charge is 0.276 e. The van der Waals surface area contributed by atoms with E-state index in [1.165, 1.54) is 4.68 Å². The summed E-state index contributed by atoms with van der Waals surface area (Å²) in [4.78, 5) is 22.7. The monoisotopic (exact) mass is 243 g/mol. The van der Waals surface area contributed by atoms with Crippen LogP contribution < -0.4 is 10.9 Å². The molecule has 1 aromatic heterocycles. The van der Waals surface area contributed by atoms with Crippen LogP contribution in [0.3, 0.4) is 0 Å². The van der Waals surface area contributed by atoms with Gasteiger partial charge in [0.15, 0.2) is 0 Å². The van der Waals surface area contributed by atoms with Gasteiger partial charge in [0, 0.05) is 19.7 Å². The van der Waals surface area contributed by atoms with Crippen LogP contribution in [0.5, 0.6) is 0 Å². The number of rotatable bonds is 3. The van der Waals surface area contributed by atoms with Gasteiger partial charge in [-0.05, 0) is 5.56 Å². The van der Waals surface area contributed by atoms with E-state index in [1.807, 2.05) is 0 Å². The number of carbonyl (C=O) groups is 1. The van der Waals surface area contributed by atoms with Crippen molar-refractivity contribution in [3.05, 3.63) is 46.4 Å². The van der Waals surface area contributed by atoms with Crippen molar-refractivity contribution in [1.29, 1.82) is 0 Å². The van der Waals surface area contributed by atoms with Gasteiger partial charge in [-0.3, -0.25) is 9.59 Å². The number of aryl methyl sites for hydroxylation is 1. The van der Waals surface area contributed by atoms with Crippen molar-refractivity contribution in [2.24, 2.45) is 7.05 Å². The zero-order chi connectivity index (χ0) is 13.1. The maximum atomic E-state index is 12.1. The Labute approximate surface area is 104 Å². The van der Waals surface area contributed by atoms with E-state index in [4.69, 9.17) is 0 Å². The third kappa shape index (κ3) is 2.02. The maximum Gasteiger partial charge on any atom is 0.276 e. The Balaban J connectivity index is 2.65. The molecule has 5 heteroatoms. The van der Waals surface area contributed by atoms with Gasteiger partial charge < -0.3 is 5.32 Å². The lowest BCUT2D eigenvalue weighted by atomic mass is 10.0. The molecule has 1 N–H and O–H groups in total. The SMILES string of the molecule is CNc1cnn(C)c(=O)c1-c1ccc(C=O)cc1. The normalized spacial score (nSPS) is 10.1. The van der Waals surface area contributed by atoms with Crippen molar-refractivity contribution in [1.82, 2.24) is 9.78 Å². The molecule has 0 aliphatic carbocycles. The number of hydrogen-bond donors (Lipinski definition) is 1. The van der Waals surface area contributed by atoms with Gasteiger partial charge in [0.05, 0.1) is 17.4 Å². The molecule has 0 fully saturated rings. The van der Waals surface area contributed by atoms with E-state index < -0.39 is 0 Å². The third-order valence-electron chi connectivity index (χ3n) is 2.74. The Morgan fingerprint density at radius 1 is 1.28 bits per heavy atom. The Hall–Kier alpha value is -2.43. The Kier molecular flexibility index (Phi) is 3.23. The summed E-state index contributed by atoms with van der Waals surface area (Å²) in [5, 5.41) is 6.90. The van der Waals surface area contributed by atoms with Gasteiger partial charge in [-0.25, -0.2) is 4.68 Å². The van der Waals surface area contributed by atoms with E-state index in [2.05, 4.69) is 10.4 Å². The topological polar surface area (TPSA) is 64.0 Å². The minimum Gasteiger partial charge on any atom is -0.386 e. The number of hydrogen-bond acceptors (Lipinski definition) is 4. The van der Waals surface area contributed by atoms with Crippen LogP contribution in [0.4, 0.5) is 5.69 Å². The molecule has 0 spiro atoms. The lowest BCUT2D eigenvalue weighted by molar-refractivity contribution is 0.112. The molecule has 0 atom stereocenters. The van der Waals surface area contributed by atoms with Gasteiger partial charge in [0.2, 0.25) is 0 Å². The molecule has 5 nitrogen and oxygen atoms in total. The van der Waals surface area contributed by atoms with Crippen molar-refractivity contribution in [3.8, 4) is 11.1 Å². The van der Waals surface area contributed by atoms with Crippen molar-refractivity contribution < 1.29 is 4.79 Å². The summed E-state index contributed by atoms with van der Waals surface area (Å²) in [7, 11) is 3.34. The molecule has 0 aliphatic rings. The minimum absolute atomic E-state index is 0.180. The first-order valence-corrected chi connectivity index (χ1v) is 5.47. The van der Waals surface area contributed by atoms with Crippen molar-refractivity contribution >= 4 is 12.0 Å². The zero-order valence-corrected chi connectivity index (χ0v) is 10.2. The molecule has 92 valence electrons. The molecule has 2 rings (SSSR count). The highest BCUT2D eigenvalue weighted by atomic mass is 16.1. The number of anilines is 1. The third-order valence-corrected chi connectivity index (χ3v) is 2.74. The van der Waals surface area contributed by atoms with Crippen molar-refractivity contribution in [2.45, 2.75) is 0 Å². The number of nitrogens with zero attached hydrogens (tertiary/aromatic N) is 2. The van der Waals surface area contributed by atoms with Crippen LogP contribution in [0.25, 0.3) is 11.1 Å². The lowest BCUT2D eigenvalue weighted by Crippen LogP contribution is -2.22. The molecular formula is C13H13N3O2. The molecule has 0 unspecified atom stereocenters. The van der Waals surface area contributed by atoms with Crippen LogP contribution in [0.15, 0.2) is 35.3 Å². The fourth-order valence-corrected chi connectivity index (χ4v) is 1.74. The minimum atomic E-state index is -0.180. The van der Waals surface area contributed by atoms with Gasteiger partial charge in [-0.1, -0.05) is 24.3 Å². The highest BCUT2D eigenvalue weighted by Crippen LogP contribution is 2.23. The molecule has 2 aromatic rings. The van der Waals surface area contributed by atoms with Crippen LogP contribution in [-0.4, -0.2) is 23.1 Å². The number of nitrogens with one attached hydrogen (secondary N) is 1. The Bertz CT molecular complexity index is 630. The number of aldehydes is 1. The van der Waals surface area contributed by atoms with E-state index >= 15 is 0 Å². The van der Waals surface area contributed by atoms with Crippen molar-refractivity contribution in [3.63, 3.8) is 0 Å². The molecule has 0 bridgehead atoms. The number of aromatic nitrogens is 2. The quantitative estimate of drug-likeness (QED) is 0.825. The molecule has 0 saturated heterocycles. The molecule has 0 saturated carbocycles. The van der Waals surface area contributed by atoms with Crippen LogP contribution in [-0.2, 0) is 7.05 Å². The summed E-state index contributed by atoms with van der Waals surface area (Å²) in [6.07, 6.45) is 2.37. The standard InChI is InChI=1S/C13H13N3O2/c1-14-11-7-15-16(2)13(18)12(11)10-5-3-9(8-17)4-6-10/h3-8,14H,1-2H3. The maximum absolute atomic E-state index is 12.1. The van der Waals surface area contributed by atoms with Gasteiger partial charge in [0.1, 0.15) is 6.29 Å². The first-order chi connectivity index (χ1) is 8.67. The average molecular weight is 243 g/mol. The summed E-state index contributed by atoms with van der Waals surface area (Å²) in [6.45, 7) is 0. The summed E-state index contributed by atoms with van der Waals surface area (Å²) in [6, 6.07) is 6.87. The number of benzene rings is 1. The molecule has 0 aliphatic heterocycles. The average Bonchev–Trinajstić information content (AvgIpc) is 2.42. The fourth-order valence-electron chi connectivity index (χ4n) is 1.74. The van der Waals surface area contributed by atoms with Gasteiger partial charge >= 0.3 is 0 Å². The summed E-state index contributed by atoms with van der Waals surface area (Å²) < 4.78 is 1.28. The van der Waals surface area contributed by atoms with E-state index in [0.717, 1.165) is 11.8 Å². The molecule has 1 aromatic carbocycles. The van der Waals surface area contributed by atoms with Crippen molar-refractivity contribution in [2.75, 3.05) is 12.4 Å². The van der Waals surface area contributed by atoms with E-state index in [1.54, 1.807) is 44.6 Å². The van der Waals surface area contributed by atoms with Crippen LogP contribution in [0.2, 0.25) is 0 Å². The second-order valence-corrected chi connectivity index (χ2v) is 3.85. The Morgan fingerprint density at radius 2 is 1.94 bits per heavy atom.